The largest absolute Gasteiger partial charge is 0.497 e. The molecule has 1 N–H and O–H groups in total. The number of nitrogens with zero attached hydrogens (tertiary/aromatic N) is 1. The lowest BCUT2D eigenvalue weighted by Crippen LogP contribution is -2.15. The van der Waals surface area contributed by atoms with E-state index in [2.05, 4.69) is 5.32 Å². The van der Waals surface area contributed by atoms with Crippen LogP contribution in [0.1, 0.15) is 20.7 Å². The smallest absolute Gasteiger partial charge is 0.338 e. The molecule has 0 heterocycles. The number of esters is 1. The van der Waals surface area contributed by atoms with Crippen LogP contribution in [-0.2, 0) is 9.47 Å². The van der Waals surface area contributed by atoms with Gasteiger partial charge in [0, 0.05) is 25.3 Å². The van der Waals surface area contributed by atoms with Crippen molar-refractivity contribution in [2.75, 3.05) is 39.3 Å². The normalized spacial score (nSPS) is 10.2. The monoisotopic (exact) mass is 388 g/mol. The van der Waals surface area contributed by atoms with E-state index in [0.717, 1.165) is 6.07 Å². The van der Waals surface area contributed by atoms with Crippen molar-refractivity contribution < 1.29 is 28.7 Å². The zero-order valence-corrected chi connectivity index (χ0v) is 15.5. The lowest BCUT2D eigenvalue weighted by Gasteiger charge is -2.09. The molecular formula is C19H20N2O7. The molecule has 28 heavy (non-hydrogen) atoms. The summed E-state index contributed by atoms with van der Waals surface area (Å²) in [5.41, 5.74) is 0.323. The summed E-state index contributed by atoms with van der Waals surface area (Å²) in [6.07, 6.45) is 0. The van der Waals surface area contributed by atoms with Gasteiger partial charge in [0.05, 0.1) is 24.2 Å². The highest BCUT2D eigenvalue weighted by Gasteiger charge is 2.19. The van der Waals surface area contributed by atoms with Gasteiger partial charge in [-0.2, -0.15) is 0 Å². The summed E-state index contributed by atoms with van der Waals surface area (Å²) in [7, 11) is 3.03. The van der Waals surface area contributed by atoms with Gasteiger partial charge in [0.2, 0.25) is 0 Å². The third-order valence-electron chi connectivity index (χ3n) is 3.80. The predicted molar refractivity (Wildman–Crippen MR) is 101 cm³/mol. The summed E-state index contributed by atoms with van der Waals surface area (Å²) in [6, 6.07) is 10.3. The molecule has 0 unspecified atom stereocenters. The quantitative estimate of drug-likeness (QED) is 0.217. The fraction of sp³-hybridized carbons (Fsp3) is 0.263. The van der Waals surface area contributed by atoms with Crippen LogP contribution in [0.2, 0.25) is 0 Å². The summed E-state index contributed by atoms with van der Waals surface area (Å²) in [6.45, 7) is 0.263. The van der Waals surface area contributed by atoms with Crippen LogP contribution in [0, 0.1) is 10.1 Å². The third kappa shape index (κ3) is 5.52. The van der Waals surface area contributed by atoms with E-state index >= 15 is 0 Å². The lowest BCUT2D eigenvalue weighted by molar-refractivity contribution is -0.384. The second-order valence-corrected chi connectivity index (χ2v) is 5.64. The van der Waals surface area contributed by atoms with Gasteiger partial charge < -0.3 is 19.5 Å². The summed E-state index contributed by atoms with van der Waals surface area (Å²) < 4.78 is 14.9. The molecule has 148 valence electrons. The van der Waals surface area contributed by atoms with Gasteiger partial charge in [-0.05, 0) is 36.4 Å². The molecule has 0 atom stereocenters. The van der Waals surface area contributed by atoms with Gasteiger partial charge in [-0.1, -0.05) is 0 Å². The van der Waals surface area contributed by atoms with Crippen molar-refractivity contribution in [3.05, 3.63) is 63.7 Å². The molecule has 0 spiro atoms. The fourth-order valence-electron chi connectivity index (χ4n) is 2.32. The fourth-order valence-corrected chi connectivity index (χ4v) is 2.32. The molecular weight excluding hydrogens is 368 g/mol. The Morgan fingerprint density at radius 2 is 1.75 bits per heavy atom. The molecule has 2 aromatic rings. The summed E-state index contributed by atoms with van der Waals surface area (Å²) in [4.78, 5) is 34.9. The molecule has 0 bridgehead atoms. The Balaban J connectivity index is 2.03. The number of Topliss-reactive ketones (excluding diaryl/α,β-unsaturated/α-hetero) is 1. The maximum Gasteiger partial charge on any atom is 0.338 e. The van der Waals surface area contributed by atoms with Crippen LogP contribution >= 0.6 is 0 Å². The molecule has 0 fully saturated rings. The van der Waals surface area contributed by atoms with Gasteiger partial charge in [-0.25, -0.2) is 4.79 Å². The van der Waals surface area contributed by atoms with Gasteiger partial charge in [-0.3, -0.25) is 14.9 Å². The van der Waals surface area contributed by atoms with Gasteiger partial charge in [0.15, 0.2) is 12.4 Å². The maximum absolute atomic E-state index is 12.2. The van der Waals surface area contributed by atoms with E-state index in [1.807, 2.05) is 0 Å². The van der Waals surface area contributed by atoms with Crippen molar-refractivity contribution in [1.82, 2.24) is 0 Å². The zero-order valence-electron chi connectivity index (χ0n) is 15.5. The second-order valence-electron chi connectivity index (χ2n) is 5.64. The molecule has 0 aromatic heterocycles. The number of carbonyl (C=O) groups excluding carboxylic acids is 2. The van der Waals surface area contributed by atoms with Crippen LogP contribution < -0.4 is 10.1 Å². The highest BCUT2D eigenvalue weighted by Crippen LogP contribution is 2.26. The molecule has 0 radical (unpaired) electrons. The number of ketones is 1. The maximum atomic E-state index is 12.2. The number of hydrogen-bond acceptors (Lipinski definition) is 8. The number of nitro groups is 1. The highest BCUT2D eigenvalue weighted by molar-refractivity contribution is 5.99. The van der Waals surface area contributed by atoms with Crippen molar-refractivity contribution >= 4 is 23.1 Å². The number of nitrogens with one attached hydrogen (secondary N) is 1. The Hall–Kier alpha value is -3.46. The Morgan fingerprint density at radius 3 is 2.36 bits per heavy atom. The molecule has 0 saturated heterocycles. The van der Waals surface area contributed by atoms with E-state index in [-0.39, 0.29) is 16.9 Å². The van der Waals surface area contributed by atoms with Crippen molar-refractivity contribution in [3.63, 3.8) is 0 Å². The minimum absolute atomic E-state index is 0.0217. The first-order valence-electron chi connectivity index (χ1n) is 8.32. The summed E-state index contributed by atoms with van der Waals surface area (Å²) in [5.74, 6) is -0.628. The zero-order chi connectivity index (χ0) is 20.5. The average Bonchev–Trinajstić information content (AvgIpc) is 2.72. The van der Waals surface area contributed by atoms with Crippen molar-refractivity contribution in [3.8, 4) is 5.75 Å². The van der Waals surface area contributed by atoms with Crippen LogP contribution in [0.5, 0.6) is 5.75 Å². The molecule has 0 aliphatic rings. The van der Waals surface area contributed by atoms with Crippen molar-refractivity contribution in [1.29, 1.82) is 0 Å². The van der Waals surface area contributed by atoms with E-state index in [4.69, 9.17) is 14.2 Å². The minimum atomic E-state index is -0.826. The van der Waals surface area contributed by atoms with Crippen LogP contribution in [-0.4, -0.2) is 50.7 Å². The van der Waals surface area contributed by atoms with Gasteiger partial charge in [0.25, 0.3) is 5.69 Å². The second kappa shape index (κ2) is 10.0. The number of ether oxygens (including phenoxy) is 3. The average molecular weight is 388 g/mol. The third-order valence-corrected chi connectivity index (χ3v) is 3.80. The molecule has 0 saturated carbocycles. The number of rotatable bonds is 10. The number of nitro benzene ring substituents is 1. The molecule has 0 amide bonds. The predicted octanol–water partition coefficient (Wildman–Crippen LogP) is 2.70. The Kier molecular flexibility index (Phi) is 7.46. The number of anilines is 1. The van der Waals surface area contributed by atoms with Crippen molar-refractivity contribution in [2.24, 2.45) is 0 Å². The minimum Gasteiger partial charge on any atom is -0.497 e. The standard InChI is InChI=1S/C19H20N2O7/c1-26-10-9-20-16-8-5-14(11-17(16)21(24)25)19(23)28-12-18(22)13-3-6-15(27-2)7-4-13/h3-8,11,20H,9-10,12H2,1-2H3. The Bertz CT molecular complexity index is 850. The molecule has 2 aromatic carbocycles. The van der Waals surface area contributed by atoms with E-state index in [1.54, 1.807) is 24.3 Å². The van der Waals surface area contributed by atoms with Gasteiger partial charge in [0.1, 0.15) is 11.4 Å². The van der Waals surface area contributed by atoms with E-state index in [0.29, 0.717) is 24.5 Å². The number of benzene rings is 2. The van der Waals surface area contributed by atoms with E-state index in [1.165, 1.54) is 26.4 Å². The first kappa shape index (κ1) is 20.8. The molecule has 0 aliphatic heterocycles. The van der Waals surface area contributed by atoms with Gasteiger partial charge >= 0.3 is 5.97 Å². The Morgan fingerprint density at radius 1 is 1.07 bits per heavy atom. The van der Waals surface area contributed by atoms with Crippen LogP contribution in [0.4, 0.5) is 11.4 Å². The van der Waals surface area contributed by atoms with E-state index < -0.39 is 23.3 Å². The topological polar surface area (TPSA) is 117 Å². The van der Waals surface area contributed by atoms with Crippen LogP contribution in [0.25, 0.3) is 0 Å². The SMILES string of the molecule is COCCNc1ccc(C(=O)OCC(=O)c2ccc(OC)cc2)cc1[N+](=O)[O-]. The van der Waals surface area contributed by atoms with Crippen LogP contribution in [0.3, 0.4) is 0 Å². The summed E-state index contributed by atoms with van der Waals surface area (Å²) in [5, 5.41) is 14.1. The Labute approximate surface area is 161 Å². The first-order chi connectivity index (χ1) is 13.5. The number of carbonyl (C=O) groups is 2. The number of methoxy groups -OCH3 is 2. The van der Waals surface area contributed by atoms with Gasteiger partial charge in [-0.15, -0.1) is 0 Å². The molecule has 9 heteroatoms. The number of hydrogen-bond donors (Lipinski definition) is 1. The van der Waals surface area contributed by atoms with Crippen molar-refractivity contribution in [2.45, 2.75) is 0 Å². The lowest BCUT2D eigenvalue weighted by atomic mass is 10.1. The molecule has 0 aliphatic carbocycles. The summed E-state index contributed by atoms with van der Waals surface area (Å²) >= 11 is 0. The van der Waals surface area contributed by atoms with Crippen LogP contribution in [0.15, 0.2) is 42.5 Å². The molecule has 9 nitrogen and oxygen atoms in total. The van der Waals surface area contributed by atoms with E-state index in [9.17, 15) is 19.7 Å². The highest BCUT2D eigenvalue weighted by atomic mass is 16.6. The first-order valence-corrected chi connectivity index (χ1v) is 8.32. The molecule has 2 rings (SSSR count).